The molecule has 1 aliphatic carbocycles. The fraction of sp³-hybridized carbons (Fsp3) is 0.649. The van der Waals surface area contributed by atoms with Gasteiger partial charge in [-0.2, -0.15) is 0 Å². The van der Waals surface area contributed by atoms with Crippen molar-refractivity contribution in [3.8, 4) is 0 Å². The maximum absolute atomic E-state index is 14.1. The zero-order chi connectivity index (χ0) is 36.0. The number of benzene rings is 1. The Morgan fingerprint density at radius 1 is 1.02 bits per heavy atom. The molecule has 0 radical (unpaired) electrons. The van der Waals surface area contributed by atoms with E-state index in [-0.39, 0.29) is 37.6 Å². The summed E-state index contributed by atoms with van der Waals surface area (Å²) in [7, 11) is 6.34. The molecular formula is C37H58N6O6. The lowest BCUT2D eigenvalue weighted by atomic mass is 9.84. The number of ether oxygens (including phenoxy) is 1. The number of imidazole rings is 1. The van der Waals surface area contributed by atoms with Crippen molar-refractivity contribution in [2.24, 2.45) is 5.92 Å². The van der Waals surface area contributed by atoms with Crippen LogP contribution in [-0.2, 0) is 32.0 Å². The van der Waals surface area contributed by atoms with Crippen LogP contribution >= 0.6 is 0 Å². The van der Waals surface area contributed by atoms with Crippen LogP contribution in [0.15, 0.2) is 42.9 Å². The minimum absolute atomic E-state index is 0.100. The van der Waals surface area contributed by atoms with Gasteiger partial charge in [0.05, 0.1) is 12.4 Å². The minimum Gasteiger partial charge on any atom is -0.436 e. The van der Waals surface area contributed by atoms with Crippen LogP contribution in [0.2, 0.25) is 0 Å². The van der Waals surface area contributed by atoms with Crippen molar-refractivity contribution in [1.82, 2.24) is 30.0 Å². The second-order valence-electron chi connectivity index (χ2n) is 14.4. The molecule has 0 spiro atoms. The Kier molecular flexibility index (Phi) is 15.6. The number of aromatic nitrogens is 2. The molecule has 0 unspecified atom stereocenters. The van der Waals surface area contributed by atoms with Gasteiger partial charge in [-0.15, -0.1) is 0 Å². The van der Waals surface area contributed by atoms with Crippen LogP contribution < -0.4 is 5.32 Å². The van der Waals surface area contributed by atoms with E-state index in [2.05, 4.69) is 15.3 Å². The molecular weight excluding hydrogens is 624 g/mol. The highest BCUT2D eigenvalue weighted by molar-refractivity contribution is 5.91. The van der Waals surface area contributed by atoms with Crippen LogP contribution in [0.4, 0.5) is 4.79 Å². The Hall–Kier alpha value is -3.93. The van der Waals surface area contributed by atoms with Crippen molar-refractivity contribution < 1.29 is 29.0 Å². The number of hydrogen-bond acceptors (Lipinski definition) is 7. The van der Waals surface area contributed by atoms with E-state index in [4.69, 9.17) is 4.74 Å². The summed E-state index contributed by atoms with van der Waals surface area (Å²) in [5.41, 5.74) is 0.796. The van der Waals surface area contributed by atoms with E-state index in [1.54, 1.807) is 20.3 Å². The van der Waals surface area contributed by atoms with Crippen molar-refractivity contribution in [2.75, 3.05) is 34.7 Å². The van der Waals surface area contributed by atoms with E-state index in [9.17, 15) is 24.3 Å². The summed E-state index contributed by atoms with van der Waals surface area (Å²) in [5.74, 6) is -0.340. The summed E-state index contributed by atoms with van der Waals surface area (Å²) in [6.07, 6.45) is 10.4. The molecule has 3 rings (SSSR count). The van der Waals surface area contributed by atoms with Crippen LogP contribution in [0, 0.1) is 5.92 Å². The van der Waals surface area contributed by atoms with E-state index in [1.165, 1.54) is 67.2 Å². The van der Waals surface area contributed by atoms with Gasteiger partial charge in [0.25, 0.3) is 5.91 Å². The molecule has 2 aromatic rings. The Morgan fingerprint density at radius 2 is 1.71 bits per heavy atom. The second-order valence-corrected chi connectivity index (χ2v) is 14.4. The van der Waals surface area contributed by atoms with Crippen molar-refractivity contribution in [2.45, 2.75) is 115 Å². The average molecular weight is 683 g/mol. The normalized spacial score (nSPS) is 15.5. The molecule has 1 aliphatic rings. The van der Waals surface area contributed by atoms with Gasteiger partial charge in [0.1, 0.15) is 6.04 Å². The standard InChI is InChI=1S/C37H58N6O6/c1-37(2,21-19-30(44)18-17-27-13-9-7-10-14-27)40-34(46)31(24-29-25-38-26-39-29)43(6)35(47)32(23-28-15-11-8-12-16-28)49-36(48)42(5)22-20-33(45)41(3)4/h8,11-12,15-16,25-27,30-32,44H,7,9-10,13-14,17-24H2,1-6H3,(H,38,39)(H,40,46)/t30-,31-,32-/m0/s1. The number of nitrogens with one attached hydrogen (secondary N) is 2. The molecule has 272 valence electrons. The fourth-order valence-electron chi connectivity index (χ4n) is 6.24. The largest absolute Gasteiger partial charge is 0.436 e. The van der Waals surface area contributed by atoms with Crippen LogP contribution in [-0.4, -0.2) is 112 Å². The van der Waals surface area contributed by atoms with E-state index in [0.717, 1.165) is 18.4 Å². The monoisotopic (exact) mass is 682 g/mol. The number of aliphatic hydroxyl groups excluding tert-OH is 1. The molecule has 1 saturated carbocycles. The third-order valence-corrected chi connectivity index (χ3v) is 9.54. The molecule has 1 aromatic heterocycles. The molecule has 0 saturated heterocycles. The third-order valence-electron chi connectivity index (χ3n) is 9.54. The molecule has 3 atom stereocenters. The van der Waals surface area contributed by atoms with Gasteiger partial charge in [0, 0.05) is 71.4 Å². The molecule has 1 fully saturated rings. The van der Waals surface area contributed by atoms with Crippen molar-refractivity contribution in [1.29, 1.82) is 0 Å². The smallest absolute Gasteiger partial charge is 0.410 e. The zero-order valence-electron chi connectivity index (χ0n) is 30.3. The third kappa shape index (κ3) is 13.5. The number of nitrogens with zero attached hydrogens (tertiary/aromatic N) is 4. The maximum atomic E-state index is 14.1. The summed E-state index contributed by atoms with van der Waals surface area (Å²) in [4.78, 5) is 64.5. The molecule has 1 aromatic carbocycles. The highest BCUT2D eigenvalue weighted by Gasteiger charge is 2.36. The van der Waals surface area contributed by atoms with Gasteiger partial charge >= 0.3 is 6.09 Å². The van der Waals surface area contributed by atoms with E-state index < -0.39 is 35.8 Å². The lowest BCUT2D eigenvalue weighted by Gasteiger charge is -2.34. The quantitative estimate of drug-likeness (QED) is 0.212. The Labute approximate surface area is 292 Å². The number of likely N-dealkylation sites (N-methyl/N-ethyl adjacent to an activating group) is 1. The number of carbonyl (C=O) groups is 4. The Bertz CT molecular complexity index is 1310. The molecule has 49 heavy (non-hydrogen) atoms. The number of aliphatic hydroxyl groups is 1. The summed E-state index contributed by atoms with van der Waals surface area (Å²) in [5, 5.41) is 13.9. The molecule has 0 aliphatic heterocycles. The Balaban J connectivity index is 1.71. The predicted octanol–water partition coefficient (Wildman–Crippen LogP) is 4.33. The highest BCUT2D eigenvalue weighted by atomic mass is 16.6. The molecule has 12 nitrogen and oxygen atoms in total. The van der Waals surface area contributed by atoms with Gasteiger partial charge in [-0.1, -0.05) is 62.4 Å². The Morgan fingerprint density at radius 3 is 2.35 bits per heavy atom. The zero-order valence-corrected chi connectivity index (χ0v) is 30.3. The molecule has 4 amide bonds. The van der Waals surface area contributed by atoms with Crippen LogP contribution in [0.25, 0.3) is 0 Å². The average Bonchev–Trinajstić information content (AvgIpc) is 3.60. The van der Waals surface area contributed by atoms with E-state index in [0.29, 0.717) is 24.5 Å². The lowest BCUT2D eigenvalue weighted by Crippen LogP contribution is -2.56. The van der Waals surface area contributed by atoms with Gasteiger partial charge < -0.3 is 34.8 Å². The first-order valence-electron chi connectivity index (χ1n) is 17.7. The van der Waals surface area contributed by atoms with Gasteiger partial charge in [0.2, 0.25) is 11.8 Å². The fourth-order valence-corrected chi connectivity index (χ4v) is 6.24. The lowest BCUT2D eigenvalue weighted by molar-refractivity contribution is -0.146. The summed E-state index contributed by atoms with van der Waals surface area (Å²) in [6, 6.07) is 8.27. The number of aromatic amines is 1. The SMILES string of the molecule is CN(C)C(=O)CCN(C)C(=O)O[C@@H](Cc1ccccc1)C(=O)N(C)[C@@H](Cc1cnc[nH]1)C(=O)NC(C)(C)CC[C@@H](O)CCC1CCCCC1. The van der Waals surface area contributed by atoms with Crippen LogP contribution in [0.1, 0.15) is 89.3 Å². The summed E-state index contributed by atoms with van der Waals surface area (Å²) >= 11 is 0. The van der Waals surface area contributed by atoms with Gasteiger partial charge in [-0.05, 0) is 51.0 Å². The van der Waals surface area contributed by atoms with Crippen molar-refractivity contribution in [3.05, 3.63) is 54.1 Å². The van der Waals surface area contributed by atoms with Crippen molar-refractivity contribution >= 4 is 23.8 Å². The van der Waals surface area contributed by atoms with Gasteiger partial charge in [0.15, 0.2) is 6.10 Å². The number of hydrogen-bond donors (Lipinski definition) is 3. The first-order chi connectivity index (χ1) is 23.3. The predicted molar refractivity (Wildman–Crippen MR) is 188 cm³/mol. The maximum Gasteiger partial charge on any atom is 0.410 e. The minimum atomic E-state index is -1.23. The molecule has 3 N–H and O–H groups in total. The van der Waals surface area contributed by atoms with Crippen molar-refractivity contribution in [3.63, 3.8) is 0 Å². The topological polar surface area (TPSA) is 148 Å². The highest BCUT2D eigenvalue weighted by Crippen LogP contribution is 2.28. The summed E-state index contributed by atoms with van der Waals surface area (Å²) in [6.45, 7) is 3.96. The van der Waals surface area contributed by atoms with Crippen LogP contribution in [0.5, 0.6) is 0 Å². The molecule has 12 heteroatoms. The second kappa shape index (κ2) is 19.3. The number of amides is 4. The van der Waals surface area contributed by atoms with Crippen LogP contribution in [0.3, 0.4) is 0 Å². The first kappa shape index (κ1) is 39.5. The number of rotatable bonds is 18. The number of H-pyrrole nitrogens is 1. The summed E-state index contributed by atoms with van der Waals surface area (Å²) < 4.78 is 5.78. The first-order valence-corrected chi connectivity index (χ1v) is 17.7. The number of carbonyl (C=O) groups excluding carboxylic acids is 4. The van der Waals surface area contributed by atoms with E-state index >= 15 is 0 Å². The van der Waals surface area contributed by atoms with Gasteiger partial charge in [-0.3, -0.25) is 14.4 Å². The molecule has 1 heterocycles. The van der Waals surface area contributed by atoms with Gasteiger partial charge in [-0.25, -0.2) is 9.78 Å². The molecule has 0 bridgehead atoms. The van der Waals surface area contributed by atoms with E-state index in [1.807, 2.05) is 44.2 Å².